The quantitative estimate of drug-likeness (QED) is 0.794. The van der Waals surface area contributed by atoms with Crippen LogP contribution in [0.5, 0.6) is 0 Å². The molecule has 1 N–H and O–H groups in total. The monoisotopic (exact) mass is 334 g/mol. The SMILES string of the molecule is CCc1ccc(NC(=O)c2cnn3c4c(c(C)nc23)CCCC4)cc1. The van der Waals surface area contributed by atoms with Crippen LogP contribution in [0.4, 0.5) is 5.69 Å². The number of hydrogen-bond acceptors (Lipinski definition) is 3. The molecule has 0 fully saturated rings. The number of aryl methyl sites for hydroxylation is 3. The fourth-order valence-corrected chi connectivity index (χ4v) is 3.57. The maximum atomic E-state index is 12.7. The van der Waals surface area contributed by atoms with Gasteiger partial charge >= 0.3 is 0 Å². The minimum Gasteiger partial charge on any atom is -0.322 e. The van der Waals surface area contributed by atoms with Crippen molar-refractivity contribution in [1.29, 1.82) is 0 Å². The van der Waals surface area contributed by atoms with Gasteiger partial charge in [-0.1, -0.05) is 19.1 Å². The van der Waals surface area contributed by atoms with E-state index in [9.17, 15) is 4.79 Å². The van der Waals surface area contributed by atoms with Gasteiger partial charge in [0.05, 0.1) is 6.20 Å². The highest BCUT2D eigenvalue weighted by molar-refractivity contribution is 6.08. The third kappa shape index (κ3) is 2.80. The van der Waals surface area contributed by atoms with Gasteiger partial charge in [-0.2, -0.15) is 5.10 Å². The Hall–Kier alpha value is -2.69. The largest absolute Gasteiger partial charge is 0.322 e. The van der Waals surface area contributed by atoms with Gasteiger partial charge in [0.1, 0.15) is 5.56 Å². The van der Waals surface area contributed by atoms with Crippen molar-refractivity contribution in [3.05, 3.63) is 58.5 Å². The smallest absolute Gasteiger partial charge is 0.261 e. The molecule has 25 heavy (non-hydrogen) atoms. The minimum absolute atomic E-state index is 0.165. The Labute approximate surface area is 147 Å². The first-order chi connectivity index (χ1) is 12.2. The number of carbonyl (C=O) groups excluding carboxylic acids is 1. The van der Waals surface area contributed by atoms with E-state index in [1.165, 1.54) is 23.2 Å². The molecular formula is C20H22N4O. The Morgan fingerprint density at radius 1 is 1.20 bits per heavy atom. The van der Waals surface area contributed by atoms with Gasteiger partial charge in [0, 0.05) is 17.1 Å². The molecule has 2 heterocycles. The molecule has 0 bridgehead atoms. The van der Waals surface area contributed by atoms with Crippen molar-refractivity contribution < 1.29 is 4.79 Å². The Kier molecular flexibility index (Phi) is 3.99. The fraction of sp³-hybridized carbons (Fsp3) is 0.350. The first kappa shape index (κ1) is 15.8. The second-order valence-corrected chi connectivity index (χ2v) is 6.63. The molecule has 1 aromatic carbocycles. The number of rotatable bonds is 3. The summed E-state index contributed by atoms with van der Waals surface area (Å²) in [6.45, 7) is 4.14. The summed E-state index contributed by atoms with van der Waals surface area (Å²) in [5.74, 6) is -0.165. The number of carbonyl (C=O) groups is 1. The predicted molar refractivity (Wildman–Crippen MR) is 98.1 cm³/mol. The molecule has 0 aliphatic heterocycles. The van der Waals surface area contributed by atoms with Crippen molar-refractivity contribution in [2.75, 3.05) is 5.32 Å². The molecule has 0 spiro atoms. The van der Waals surface area contributed by atoms with Crippen LogP contribution in [0.3, 0.4) is 0 Å². The van der Waals surface area contributed by atoms with Crippen LogP contribution in [0.1, 0.15) is 52.6 Å². The average Bonchev–Trinajstić information content (AvgIpc) is 3.06. The first-order valence-corrected chi connectivity index (χ1v) is 8.93. The van der Waals surface area contributed by atoms with Crippen LogP contribution in [-0.4, -0.2) is 20.5 Å². The molecular weight excluding hydrogens is 312 g/mol. The van der Waals surface area contributed by atoms with Gasteiger partial charge in [-0.15, -0.1) is 0 Å². The maximum Gasteiger partial charge on any atom is 0.261 e. The molecule has 0 saturated heterocycles. The molecule has 0 radical (unpaired) electrons. The fourth-order valence-electron chi connectivity index (χ4n) is 3.57. The van der Waals surface area contributed by atoms with Gasteiger partial charge in [0.25, 0.3) is 5.91 Å². The molecule has 1 aliphatic carbocycles. The van der Waals surface area contributed by atoms with Crippen LogP contribution in [0.2, 0.25) is 0 Å². The number of fused-ring (bicyclic) bond motifs is 3. The molecule has 5 nitrogen and oxygen atoms in total. The highest BCUT2D eigenvalue weighted by Crippen LogP contribution is 2.25. The lowest BCUT2D eigenvalue weighted by Crippen LogP contribution is -2.15. The van der Waals surface area contributed by atoms with Gasteiger partial charge in [-0.25, -0.2) is 9.50 Å². The van der Waals surface area contributed by atoms with Crippen LogP contribution in [0.25, 0.3) is 5.65 Å². The van der Waals surface area contributed by atoms with Crippen LogP contribution in [0.15, 0.2) is 30.5 Å². The van der Waals surface area contributed by atoms with Crippen molar-refractivity contribution in [2.24, 2.45) is 0 Å². The topological polar surface area (TPSA) is 59.3 Å². The molecule has 0 saturated carbocycles. The van der Waals surface area contributed by atoms with Crippen molar-refractivity contribution in [3.63, 3.8) is 0 Å². The van der Waals surface area contributed by atoms with Crippen LogP contribution in [-0.2, 0) is 19.3 Å². The summed E-state index contributed by atoms with van der Waals surface area (Å²) in [6.07, 6.45) is 7.02. The zero-order chi connectivity index (χ0) is 17.4. The predicted octanol–water partition coefficient (Wildman–Crippen LogP) is 3.73. The molecule has 2 aromatic heterocycles. The standard InChI is InChI=1S/C20H22N4O/c1-3-14-8-10-15(11-9-14)23-20(25)17-12-21-24-18-7-5-4-6-16(18)13(2)22-19(17)24/h8-12H,3-7H2,1-2H3,(H,23,25). The van der Waals surface area contributed by atoms with Gasteiger partial charge in [0.15, 0.2) is 5.65 Å². The summed E-state index contributed by atoms with van der Waals surface area (Å²) in [7, 11) is 0. The average molecular weight is 334 g/mol. The summed E-state index contributed by atoms with van der Waals surface area (Å²) in [5, 5.41) is 7.41. The summed E-state index contributed by atoms with van der Waals surface area (Å²) >= 11 is 0. The molecule has 4 rings (SSSR count). The lowest BCUT2D eigenvalue weighted by Gasteiger charge is -2.18. The summed E-state index contributed by atoms with van der Waals surface area (Å²) in [6, 6.07) is 7.93. The highest BCUT2D eigenvalue weighted by Gasteiger charge is 2.21. The van der Waals surface area contributed by atoms with E-state index in [0.29, 0.717) is 11.2 Å². The van der Waals surface area contributed by atoms with E-state index in [0.717, 1.165) is 37.1 Å². The van der Waals surface area contributed by atoms with Crippen molar-refractivity contribution in [1.82, 2.24) is 14.6 Å². The maximum absolute atomic E-state index is 12.7. The molecule has 3 aromatic rings. The van der Waals surface area contributed by atoms with E-state index < -0.39 is 0 Å². The minimum atomic E-state index is -0.165. The van der Waals surface area contributed by atoms with E-state index in [1.807, 2.05) is 35.7 Å². The molecule has 1 aliphatic rings. The zero-order valence-corrected chi connectivity index (χ0v) is 14.7. The normalized spacial score (nSPS) is 13.7. The van der Waals surface area contributed by atoms with E-state index >= 15 is 0 Å². The summed E-state index contributed by atoms with van der Waals surface area (Å²) in [5.41, 5.74) is 6.74. The Bertz CT molecular complexity index is 940. The molecule has 128 valence electrons. The Balaban J connectivity index is 1.69. The molecule has 5 heteroatoms. The lowest BCUT2D eigenvalue weighted by molar-refractivity contribution is 0.102. The van der Waals surface area contributed by atoms with Crippen molar-refractivity contribution >= 4 is 17.2 Å². The Morgan fingerprint density at radius 3 is 2.72 bits per heavy atom. The number of nitrogens with one attached hydrogen (secondary N) is 1. The van der Waals surface area contributed by atoms with Crippen LogP contribution in [0, 0.1) is 6.92 Å². The number of aromatic nitrogens is 3. The Morgan fingerprint density at radius 2 is 1.96 bits per heavy atom. The number of amides is 1. The van der Waals surface area contributed by atoms with Crippen LogP contribution >= 0.6 is 0 Å². The van der Waals surface area contributed by atoms with E-state index in [2.05, 4.69) is 22.3 Å². The van der Waals surface area contributed by atoms with Gasteiger partial charge in [0.2, 0.25) is 0 Å². The third-order valence-corrected chi connectivity index (χ3v) is 5.01. The first-order valence-electron chi connectivity index (χ1n) is 8.93. The molecule has 1 amide bonds. The van der Waals surface area contributed by atoms with Gasteiger partial charge in [-0.05, 0) is 62.3 Å². The number of nitrogens with zero attached hydrogens (tertiary/aromatic N) is 3. The van der Waals surface area contributed by atoms with E-state index in [4.69, 9.17) is 0 Å². The summed E-state index contributed by atoms with van der Waals surface area (Å²) in [4.78, 5) is 17.4. The number of hydrogen-bond donors (Lipinski definition) is 1. The third-order valence-electron chi connectivity index (χ3n) is 5.01. The zero-order valence-electron chi connectivity index (χ0n) is 14.7. The van der Waals surface area contributed by atoms with E-state index in [-0.39, 0.29) is 5.91 Å². The van der Waals surface area contributed by atoms with Gasteiger partial charge < -0.3 is 5.32 Å². The van der Waals surface area contributed by atoms with Crippen LogP contribution < -0.4 is 5.32 Å². The number of anilines is 1. The second kappa shape index (κ2) is 6.31. The highest BCUT2D eigenvalue weighted by atomic mass is 16.1. The van der Waals surface area contributed by atoms with Crippen molar-refractivity contribution in [2.45, 2.75) is 46.0 Å². The lowest BCUT2D eigenvalue weighted by atomic mass is 9.95. The summed E-state index contributed by atoms with van der Waals surface area (Å²) < 4.78 is 1.86. The van der Waals surface area contributed by atoms with E-state index in [1.54, 1.807) is 6.20 Å². The molecule has 0 unspecified atom stereocenters. The number of benzene rings is 1. The second-order valence-electron chi connectivity index (χ2n) is 6.63. The van der Waals surface area contributed by atoms with Crippen molar-refractivity contribution in [3.8, 4) is 0 Å². The molecule has 0 atom stereocenters. The van der Waals surface area contributed by atoms with Gasteiger partial charge in [-0.3, -0.25) is 4.79 Å².